The summed E-state index contributed by atoms with van der Waals surface area (Å²) in [5, 5.41) is 7.39. The maximum absolute atomic E-state index is 5.90. The molecule has 1 fully saturated rings. The lowest BCUT2D eigenvalue weighted by Crippen LogP contribution is -2.31. The molecule has 14 heavy (non-hydrogen) atoms. The Labute approximate surface area is 92.4 Å². The van der Waals surface area contributed by atoms with E-state index in [0.29, 0.717) is 10.4 Å². The number of halogens is 1. The molecule has 0 saturated carbocycles. The first-order chi connectivity index (χ1) is 6.75. The highest BCUT2D eigenvalue weighted by atomic mass is 35.5. The fourth-order valence-electron chi connectivity index (χ4n) is 1.65. The van der Waals surface area contributed by atoms with Crippen LogP contribution in [-0.2, 0) is 6.54 Å². The number of rotatable bonds is 3. The molecular formula is C8H13ClN4S. The normalized spacial score (nSPS) is 23.1. The molecule has 0 bridgehead atoms. The Bertz CT molecular complexity index is 303. The smallest absolute Gasteiger partial charge is 0.138 e. The molecule has 2 rings (SSSR count). The Balaban J connectivity index is 1.80. The lowest BCUT2D eigenvalue weighted by molar-refractivity contribution is 0.397. The van der Waals surface area contributed by atoms with Gasteiger partial charge in [0.15, 0.2) is 0 Å². The molecule has 1 aliphatic rings. The average Bonchev–Trinajstić information content (AvgIpc) is 2.72. The molecule has 1 aromatic rings. The molecule has 0 radical (unpaired) electrons. The second kappa shape index (κ2) is 4.53. The van der Waals surface area contributed by atoms with Crippen molar-refractivity contribution in [1.29, 1.82) is 0 Å². The Morgan fingerprint density at radius 2 is 2.57 bits per heavy atom. The molecule has 0 amide bonds. The molecule has 0 spiro atoms. The van der Waals surface area contributed by atoms with E-state index in [4.69, 9.17) is 11.6 Å². The third-order valence-corrected chi connectivity index (χ3v) is 3.44. The maximum Gasteiger partial charge on any atom is 0.138 e. The minimum Gasteiger partial charge on any atom is -0.307 e. The number of nitrogens with one attached hydrogen (secondary N) is 1. The van der Waals surface area contributed by atoms with E-state index in [1.165, 1.54) is 24.5 Å². The van der Waals surface area contributed by atoms with E-state index < -0.39 is 0 Å². The van der Waals surface area contributed by atoms with Crippen molar-refractivity contribution in [2.45, 2.75) is 19.0 Å². The molecule has 1 aromatic heterocycles. The average molecular weight is 233 g/mol. The van der Waals surface area contributed by atoms with Gasteiger partial charge in [-0.25, -0.2) is 0 Å². The van der Waals surface area contributed by atoms with Crippen molar-refractivity contribution in [3.8, 4) is 0 Å². The van der Waals surface area contributed by atoms with E-state index in [1.807, 2.05) is 0 Å². The molecule has 78 valence electrons. The first-order valence-electron chi connectivity index (χ1n) is 4.64. The van der Waals surface area contributed by atoms with Crippen LogP contribution in [0.25, 0.3) is 0 Å². The van der Waals surface area contributed by atoms with Crippen molar-refractivity contribution in [2.75, 3.05) is 20.1 Å². The van der Waals surface area contributed by atoms with Crippen LogP contribution in [0, 0.1) is 0 Å². The van der Waals surface area contributed by atoms with Crippen LogP contribution in [0.5, 0.6) is 0 Å². The van der Waals surface area contributed by atoms with Gasteiger partial charge in [-0.15, -0.1) is 5.10 Å². The van der Waals surface area contributed by atoms with E-state index in [1.54, 1.807) is 0 Å². The number of hydrogen-bond donors (Lipinski definition) is 1. The molecule has 2 heterocycles. The fraction of sp³-hybridized carbons (Fsp3) is 0.750. The van der Waals surface area contributed by atoms with Crippen LogP contribution in [0.1, 0.15) is 12.1 Å². The zero-order chi connectivity index (χ0) is 9.97. The van der Waals surface area contributed by atoms with Gasteiger partial charge >= 0.3 is 0 Å². The van der Waals surface area contributed by atoms with Gasteiger partial charge in [-0.3, -0.25) is 0 Å². The molecule has 1 atom stereocenters. The standard InChI is InChI=1S/C8H13ClN4S/c1-13-3-2-6(5-13)10-4-7-8(9)14-12-11-7/h6,10H,2-5H2,1H3. The van der Waals surface area contributed by atoms with Gasteiger partial charge in [-0.2, -0.15) is 0 Å². The largest absolute Gasteiger partial charge is 0.307 e. The molecule has 6 heteroatoms. The van der Waals surface area contributed by atoms with Gasteiger partial charge in [0.25, 0.3) is 0 Å². The molecule has 4 nitrogen and oxygen atoms in total. The molecule has 1 aliphatic heterocycles. The highest BCUT2D eigenvalue weighted by Gasteiger charge is 2.19. The number of nitrogens with zero attached hydrogens (tertiary/aromatic N) is 3. The Morgan fingerprint density at radius 1 is 1.71 bits per heavy atom. The van der Waals surface area contributed by atoms with Crippen molar-refractivity contribution in [1.82, 2.24) is 19.8 Å². The maximum atomic E-state index is 5.90. The van der Waals surface area contributed by atoms with E-state index in [9.17, 15) is 0 Å². The number of likely N-dealkylation sites (tertiary alicyclic amines) is 1. The van der Waals surface area contributed by atoms with Crippen molar-refractivity contribution in [3.05, 3.63) is 10.0 Å². The summed E-state index contributed by atoms with van der Waals surface area (Å²) in [7, 11) is 2.14. The van der Waals surface area contributed by atoms with Gasteiger partial charge in [0.2, 0.25) is 0 Å². The summed E-state index contributed by atoms with van der Waals surface area (Å²) < 4.78 is 4.49. The SMILES string of the molecule is CN1CCC(NCc2nnsc2Cl)C1. The minimum atomic E-state index is 0.567. The third kappa shape index (κ3) is 2.42. The van der Waals surface area contributed by atoms with Crippen molar-refractivity contribution in [2.24, 2.45) is 0 Å². The van der Waals surface area contributed by atoms with E-state index in [-0.39, 0.29) is 0 Å². The summed E-state index contributed by atoms with van der Waals surface area (Å²) in [5.41, 5.74) is 0.867. The number of likely N-dealkylation sites (N-methyl/N-ethyl adjacent to an activating group) is 1. The van der Waals surface area contributed by atoms with Crippen LogP contribution in [0.3, 0.4) is 0 Å². The van der Waals surface area contributed by atoms with Gasteiger partial charge in [0, 0.05) is 30.7 Å². The zero-order valence-electron chi connectivity index (χ0n) is 8.03. The summed E-state index contributed by atoms with van der Waals surface area (Å²) in [4.78, 5) is 2.32. The first-order valence-corrected chi connectivity index (χ1v) is 5.79. The molecule has 0 aliphatic carbocycles. The van der Waals surface area contributed by atoms with Crippen molar-refractivity contribution < 1.29 is 0 Å². The van der Waals surface area contributed by atoms with Crippen LogP contribution in [0.4, 0.5) is 0 Å². The molecule has 0 aromatic carbocycles. The number of hydrogen-bond acceptors (Lipinski definition) is 5. The van der Waals surface area contributed by atoms with Crippen LogP contribution in [0.15, 0.2) is 0 Å². The topological polar surface area (TPSA) is 41.0 Å². The molecular weight excluding hydrogens is 220 g/mol. The van der Waals surface area contributed by atoms with Crippen LogP contribution in [-0.4, -0.2) is 40.7 Å². The van der Waals surface area contributed by atoms with Crippen molar-refractivity contribution >= 4 is 23.1 Å². The van der Waals surface area contributed by atoms with Crippen LogP contribution < -0.4 is 5.32 Å². The van der Waals surface area contributed by atoms with Gasteiger partial charge in [-0.05, 0) is 20.0 Å². The molecule has 1 saturated heterocycles. The van der Waals surface area contributed by atoms with Gasteiger partial charge < -0.3 is 10.2 Å². The first kappa shape index (κ1) is 10.3. The summed E-state index contributed by atoms with van der Waals surface area (Å²) in [6.07, 6.45) is 1.20. The van der Waals surface area contributed by atoms with Crippen molar-refractivity contribution in [3.63, 3.8) is 0 Å². The lowest BCUT2D eigenvalue weighted by atomic mass is 10.2. The lowest BCUT2D eigenvalue weighted by Gasteiger charge is -2.11. The van der Waals surface area contributed by atoms with Gasteiger partial charge in [-0.1, -0.05) is 16.1 Å². The predicted octanol–water partition coefficient (Wildman–Crippen LogP) is 0.985. The Hall–Kier alpha value is -0.230. The highest BCUT2D eigenvalue weighted by Crippen LogP contribution is 2.17. The quantitative estimate of drug-likeness (QED) is 0.844. The fourth-order valence-corrected chi connectivity index (χ4v) is 2.27. The summed E-state index contributed by atoms with van der Waals surface area (Å²) >= 11 is 7.14. The Morgan fingerprint density at radius 3 is 3.14 bits per heavy atom. The summed E-state index contributed by atoms with van der Waals surface area (Å²) in [6.45, 7) is 3.00. The van der Waals surface area contributed by atoms with Crippen LogP contribution >= 0.6 is 23.1 Å². The highest BCUT2D eigenvalue weighted by molar-refractivity contribution is 7.10. The molecule has 1 N–H and O–H groups in total. The summed E-state index contributed by atoms with van der Waals surface area (Å²) in [6, 6.07) is 0.567. The second-order valence-corrected chi connectivity index (χ2v) is 4.98. The van der Waals surface area contributed by atoms with E-state index in [2.05, 4.69) is 26.9 Å². The molecule has 1 unspecified atom stereocenters. The van der Waals surface area contributed by atoms with Gasteiger partial charge in [0.1, 0.15) is 10.0 Å². The van der Waals surface area contributed by atoms with E-state index in [0.717, 1.165) is 18.8 Å². The van der Waals surface area contributed by atoms with E-state index >= 15 is 0 Å². The summed E-state index contributed by atoms with van der Waals surface area (Å²) in [5.74, 6) is 0. The van der Waals surface area contributed by atoms with Gasteiger partial charge in [0.05, 0.1) is 0 Å². The minimum absolute atomic E-state index is 0.567. The monoisotopic (exact) mass is 232 g/mol. The zero-order valence-corrected chi connectivity index (χ0v) is 9.61. The predicted molar refractivity (Wildman–Crippen MR) is 57.7 cm³/mol. The Kier molecular flexibility index (Phi) is 3.33. The number of aromatic nitrogens is 2. The third-order valence-electron chi connectivity index (χ3n) is 2.46. The van der Waals surface area contributed by atoms with Crippen LogP contribution in [0.2, 0.25) is 4.34 Å². The second-order valence-electron chi connectivity index (χ2n) is 3.62.